The molecule has 1 aliphatic rings. The van der Waals surface area contributed by atoms with Crippen molar-refractivity contribution in [3.05, 3.63) is 24.3 Å². The number of nitrogens with zero attached hydrogens (tertiary/aromatic N) is 2. The van der Waals surface area contributed by atoms with Gasteiger partial charge in [0.1, 0.15) is 11.8 Å². The van der Waals surface area contributed by atoms with Gasteiger partial charge in [-0.3, -0.25) is 9.10 Å². The van der Waals surface area contributed by atoms with Crippen molar-refractivity contribution in [1.29, 1.82) is 0 Å². The zero-order valence-electron chi connectivity index (χ0n) is 14.6. The molecule has 1 aliphatic heterocycles. The second-order valence-electron chi connectivity index (χ2n) is 5.94. The molecule has 7 heteroatoms. The Morgan fingerprint density at radius 1 is 1.21 bits per heavy atom. The van der Waals surface area contributed by atoms with Gasteiger partial charge in [-0.05, 0) is 50.5 Å². The molecule has 6 nitrogen and oxygen atoms in total. The van der Waals surface area contributed by atoms with E-state index >= 15 is 0 Å². The van der Waals surface area contributed by atoms with Crippen LogP contribution in [0, 0.1) is 0 Å². The highest BCUT2D eigenvalue weighted by molar-refractivity contribution is 7.92. The molecule has 1 aromatic rings. The third kappa shape index (κ3) is 4.20. The summed E-state index contributed by atoms with van der Waals surface area (Å²) in [6.07, 6.45) is 3.52. The summed E-state index contributed by atoms with van der Waals surface area (Å²) in [5.74, 6) is 0.558. The molecule has 0 saturated carbocycles. The molecule has 0 aromatic heterocycles. The van der Waals surface area contributed by atoms with Crippen LogP contribution in [0.2, 0.25) is 0 Å². The summed E-state index contributed by atoms with van der Waals surface area (Å²) >= 11 is 0. The van der Waals surface area contributed by atoms with Crippen LogP contribution in [0.25, 0.3) is 0 Å². The monoisotopic (exact) mass is 354 g/mol. The van der Waals surface area contributed by atoms with Crippen LogP contribution in [-0.4, -0.2) is 51.2 Å². The van der Waals surface area contributed by atoms with Crippen LogP contribution in [0.1, 0.15) is 33.1 Å². The van der Waals surface area contributed by atoms with E-state index < -0.39 is 16.1 Å². The Morgan fingerprint density at radius 2 is 1.79 bits per heavy atom. The van der Waals surface area contributed by atoms with Gasteiger partial charge in [0.2, 0.25) is 15.9 Å². The molecule has 1 aromatic carbocycles. The van der Waals surface area contributed by atoms with E-state index in [0.717, 1.165) is 19.1 Å². The normalized spacial score (nSPS) is 16.0. The minimum absolute atomic E-state index is 0.116. The maximum Gasteiger partial charge on any atom is 0.246 e. The van der Waals surface area contributed by atoms with Gasteiger partial charge in [-0.15, -0.1) is 0 Å². The van der Waals surface area contributed by atoms with Gasteiger partial charge >= 0.3 is 0 Å². The Balaban J connectivity index is 2.34. The van der Waals surface area contributed by atoms with Gasteiger partial charge in [0, 0.05) is 13.1 Å². The van der Waals surface area contributed by atoms with Crippen LogP contribution in [-0.2, 0) is 14.8 Å². The maximum absolute atomic E-state index is 12.8. The smallest absolute Gasteiger partial charge is 0.246 e. The number of carbonyl (C=O) groups excluding carboxylic acids is 1. The summed E-state index contributed by atoms with van der Waals surface area (Å²) in [5, 5.41) is 0. The minimum Gasteiger partial charge on any atom is -0.494 e. The summed E-state index contributed by atoms with van der Waals surface area (Å²) < 4.78 is 31.4. The largest absolute Gasteiger partial charge is 0.494 e. The van der Waals surface area contributed by atoms with Gasteiger partial charge in [0.05, 0.1) is 18.6 Å². The van der Waals surface area contributed by atoms with E-state index in [1.54, 1.807) is 29.2 Å². The fourth-order valence-corrected chi connectivity index (χ4v) is 4.25. The lowest BCUT2D eigenvalue weighted by atomic mass is 10.1. The van der Waals surface area contributed by atoms with Crippen molar-refractivity contribution in [3.8, 4) is 5.75 Å². The van der Waals surface area contributed by atoms with Crippen molar-refractivity contribution < 1.29 is 17.9 Å². The predicted octanol–water partition coefficient (Wildman–Crippen LogP) is 2.25. The van der Waals surface area contributed by atoms with Gasteiger partial charge in [0.15, 0.2) is 0 Å². The topological polar surface area (TPSA) is 66.9 Å². The molecule has 0 aliphatic carbocycles. The van der Waals surface area contributed by atoms with E-state index in [1.807, 2.05) is 13.8 Å². The van der Waals surface area contributed by atoms with Crippen molar-refractivity contribution in [2.75, 3.05) is 30.3 Å². The van der Waals surface area contributed by atoms with Crippen molar-refractivity contribution in [1.82, 2.24) is 4.90 Å². The summed E-state index contributed by atoms with van der Waals surface area (Å²) in [6.45, 7) is 5.68. The molecule has 0 unspecified atom stereocenters. The van der Waals surface area contributed by atoms with Gasteiger partial charge in [0.25, 0.3) is 0 Å². The Kier molecular flexibility index (Phi) is 6.10. The molecule has 24 heavy (non-hydrogen) atoms. The number of anilines is 1. The summed E-state index contributed by atoms with van der Waals surface area (Å²) in [5.41, 5.74) is 0.486. The number of likely N-dealkylation sites (tertiary alicyclic amines) is 1. The van der Waals surface area contributed by atoms with Crippen molar-refractivity contribution >= 4 is 21.6 Å². The van der Waals surface area contributed by atoms with E-state index in [-0.39, 0.29) is 5.91 Å². The Morgan fingerprint density at radius 3 is 2.25 bits per heavy atom. The molecule has 1 heterocycles. The quantitative estimate of drug-likeness (QED) is 0.753. The number of hydrogen-bond donors (Lipinski definition) is 0. The number of rotatable bonds is 7. The standard InChI is InChI=1S/C17H26N2O4S/c1-4-16(17(20)18-12-6-7-13-18)19(24(3,21)22)14-8-10-15(11-9-14)23-5-2/h8-11,16H,4-7,12-13H2,1-3H3/t16-/m0/s1. The average Bonchev–Trinajstić information content (AvgIpc) is 3.06. The second kappa shape index (κ2) is 7.88. The molecule has 0 bridgehead atoms. The molecule has 1 atom stereocenters. The first-order chi connectivity index (χ1) is 11.4. The van der Waals surface area contributed by atoms with Crippen LogP contribution >= 0.6 is 0 Å². The first-order valence-electron chi connectivity index (χ1n) is 8.39. The third-order valence-electron chi connectivity index (χ3n) is 4.13. The van der Waals surface area contributed by atoms with E-state index in [4.69, 9.17) is 4.74 Å². The van der Waals surface area contributed by atoms with Crippen LogP contribution in [0.15, 0.2) is 24.3 Å². The van der Waals surface area contributed by atoms with E-state index in [1.165, 1.54) is 4.31 Å². The Labute approximate surface area is 144 Å². The summed E-state index contributed by atoms with van der Waals surface area (Å²) in [6, 6.07) is 6.11. The van der Waals surface area contributed by atoms with Crippen LogP contribution in [0.3, 0.4) is 0 Å². The number of carbonyl (C=O) groups is 1. The first kappa shape index (κ1) is 18.6. The lowest BCUT2D eigenvalue weighted by molar-refractivity contribution is -0.131. The first-order valence-corrected chi connectivity index (χ1v) is 10.2. The van der Waals surface area contributed by atoms with E-state index in [9.17, 15) is 13.2 Å². The predicted molar refractivity (Wildman–Crippen MR) is 94.8 cm³/mol. The van der Waals surface area contributed by atoms with Gasteiger partial charge in [-0.25, -0.2) is 8.42 Å². The summed E-state index contributed by atoms with van der Waals surface area (Å²) in [7, 11) is -3.58. The van der Waals surface area contributed by atoms with Crippen molar-refractivity contribution in [2.24, 2.45) is 0 Å². The fraction of sp³-hybridized carbons (Fsp3) is 0.588. The van der Waals surface area contributed by atoms with Crippen molar-refractivity contribution in [3.63, 3.8) is 0 Å². The fourth-order valence-electron chi connectivity index (χ4n) is 3.05. The molecular formula is C17H26N2O4S. The van der Waals surface area contributed by atoms with Gasteiger partial charge in [-0.1, -0.05) is 6.92 Å². The lowest BCUT2D eigenvalue weighted by Gasteiger charge is -2.32. The van der Waals surface area contributed by atoms with E-state index in [2.05, 4.69) is 0 Å². The average molecular weight is 354 g/mol. The number of sulfonamides is 1. The highest BCUT2D eigenvalue weighted by atomic mass is 32.2. The molecule has 1 amide bonds. The third-order valence-corrected chi connectivity index (χ3v) is 5.31. The number of amides is 1. The maximum atomic E-state index is 12.8. The molecule has 2 rings (SSSR count). The minimum atomic E-state index is -3.58. The van der Waals surface area contributed by atoms with Crippen LogP contribution < -0.4 is 9.04 Å². The summed E-state index contributed by atoms with van der Waals surface area (Å²) in [4.78, 5) is 14.6. The van der Waals surface area contributed by atoms with E-state index in [0.29, 0.717) is 37.6 Å². The van der Waals surface area contributed by atoms with Gasteiger partial charge < -0.3 is 9.64 Å². The highest BCUT2D eigenvalue weighted by Gasteiger charge is 2.34. The molecule has 0 radical (unpaired) electrons. The molecule has 0 N–H and O–H groups in total. The highest BCUT2D eigenvalue weighted by Crippen LogP contribution is 2.26. The van der Waals surface area contributed by atoms with Crippen LogP contribution in [0.5, 0.6) is 5.75 Å². The van der Waals surface area contributed by atoms with Crippen molar-refractivity contribution in [2.45, 2.75) is 39.2 Å². The lowest BCUT2D eigenvalue weighted by Crippen LogP contribution is -2.50. The number of benzene rings is 1. The SMILES string of the molecule is CCOc1ccc(N([C@@H](CC)C(=O)N2CCCC2)S(C)(=O)=O)cc1. The Hall–Kier alpha value is -1.76. The number of hydrogen-bond acceptors (Lipinski definition) is 4. The molecule has 1 fully saturated rings. The molecule has 0 spiro atoms. The molecule has 134 valence electrons. The number of ether oxygens (including phenoxy) is 1. The molecular weight excluding hydrogens is 328 g/mol. The zero-order valence-corrected chi connectivity index (χ0v) is 15.4. The van der Waals surface area contributed by atoms with Crippen LogP contribution in [0.4, 0.5) is 5.69 Å². The Bertz CT molecular complexity index is 652. The van der Waals surface area contributed by atoms with Gasteiger partial charge in [-0.2, -0.15) is 0 Å². The molecule has 1 saturated heterocycles. The zero-order chi connectivity index (χ0) is 17.7. The second-order valence-corrected chi connectivity index (χ2v) is 7.80.